The van der Waals surface area contributed by atoms with Crippen LogP contribution in [0.15, 0.2) is 60.8 Å². The van der Waals surface area contributed by atoms with Crippen molar-refractivity contribution in [1.82, 2.24) is 15.2 Å². The number of hydrogen-bond donors (Lipinski definition) is 3. The first-order chi connectivity index (χ1) is 19.1. The van der Waals surface area contributed by atoms with Gasteiger partial charge in [-0.3, -0.25) is 14.5 Å². The van der Waals surface area contributed by atoms with Crippen LogP contribution in [0.4, 0.5) is 13.6 Å². The number of nitrogens with two attached hydrogens (primary N) is 1. The molecule has 3 atom stereocenters. The fourth-order valence-corrected chi connectivity index (χ4v) is 5.43. The number of hydrogen-bond acceptors (Lipinski definition) is 7. The van der Waals surface area contributed by atoms with E-state index in [2.05, 4.69) is 10.3 Å². The summed E-state index contributed by atoms with van der Waals surface area (Å²) in [6.07, 6.45) is 1.26. The molecule has 0 saturated carbocycles. The predicted octanol–water partition coefficient (Wildman–Crippen LogP) is 3.78. The van der Waals surface area contributed by atoms with Crippen LogP contribution in [-0.2, 0) is 16.1 Å². The molecule has 3 amide bonds. The van der Waals surface area contributed by atoms with Crippen molar-refractivity contribution in [1.29, 1.82) is 0 Å². The SMILES string of the molecule is NC(=O)C12CCC(CC(NC(=O)c3cc(F)cnc3Oc3ccc(F)cc3)C1)N2C(=O)OCc1cccc(O)c1. The Bertz CT molecular complexity index is 1450. The zero-order valence-electron chi connectivity index (χ0n) is 21.2. The van der Waals surface area contributed by atoms with E-state index in [-0.39, 0.29) is 36.0 Å². The van der Waals surface area contributed by atoms with Gasteiger partial charge in [0.1, 0.15) is 40.8 Å². The highest BCUT2D eigenvalue weighted by molar-refractivity contribution is 5.97. The van der Waals surface area contributed by atoms with Crippen molar-refractivity contribution < 1.29 is 37.7 Å². The van der Waals surface area contributed by atoms with E-state index in [4.69, 9.17) is 15.2 Å². The Morgan fingerprint density at radius 3 is 2.62 bits per heavy atom. The van der Waals surface area contributed by atoms with Gasteiger partial charge in [-0.25, -0.2) is 18.6 Å². The number of amides is 3. The van der Waals surface area contributed by atoms with E-state index >= 15 is 0 Å². The van der Waals surface area contributed by atoms with Crippen LogP contribution in [0.3, 0.4) is 0 Å². The topological polar surface area (TPSA) is 144 Å². The van der Waals surface area contributed by atoms with E-state index in [0.29, 0.717) is 24.8 Å². The molecule has 3 heterocycles. The van der Waals surface area contributed by atoms with Crippen LogP contribution in [0, 0.1) is 11.6 Å². The van der Waals surface area contributed by atoms with Gasteiger partial charge in [0.25, 0.3) is 5.91 Å². The normalized spacial score (nSPS) is 21.5. The number of fused-ring (bicyclic) bond motifs is 2. The minimum absolute atomic E-state index is 0.0264. The molecule has 2 aliphatic rings. The van der Waals surface area contributed by atoms with Crippen molar-refractivity contribution in [2.45, 2.75) is 49.9 Å². The number of benzene rings is 2. The molecule has 2 saturated heterocycles. The smallest absolute Gasteiger partial charge is 0.411 e. The summed E-state index contributed by atoms with van der Waals surface area (Å²) >= 11 is 0. The standard InChI is InChI=1S/C28H26F2N4O6/c29-17-4-6-22(7-5-17)40-25-23(11-18(30)14-32-25)24(36)33-19-12-20-8-9-28(13-19,26(31)37)34(20)27(38)39-15-16-2-1-3-21(35)10-16/h1-7,10-11,14,19-20,35H,8-9,12-13,15H2,(H2,31,37)(H,33,36). The lowest BCUT2D eigenvalue weighted by atomic mass is 9.84. The highest BCUT2D eigenvalue weighted by atomic mass is 19.1. The predicted molar refractivity (Wildman–Crippen MR) is 136 cm³/mol. The molecule has 2 fully saturated rings. The number of carbonyl (C=O) groups is 3. The third-order valence-corrected chi connectivity index (χ3v) is 7.21. The number of nitrogens with zero attached hydrogens (tertiary/aromatic N) is 2. The number of carbonyl (C=O) groups excluding carboxylic acids is 3. The third-order valence-electron chi connectivity index (χ3n) is 7.21. The first kappa shape index (κ1) is 26.9. The molecule has 5 rings (SSSR count). The van der Waals surface area contributed by atoms with E-state index in [1.807, 2.05) is 0 Å². The Morgan fingerprint density at radius 2 is 1.90 bits per heavy atom. The Kier molecular flexibility index (Phi) is 7.24. The molecule has 12 heteroatoms. The maximum atomic E-state index is 14.1. The summed E-state index contributed by atoms with van der Waals surface area (Å²) < 4.78 is 38.4. The van der Waals surface area contributed by atoms with Crippen LogP contribution < -0.4 is 15.8 Å². The maximum absolute atomic E-state index is 14.1. The molecule has 1 aromatic heterocycles. The van der Waals surface area contributed by atoms with Crippen molar-refractivity contribution in [2.24, 2.45) is 5.73 Å². The molecular formula is C28H26F2N4O6. The Hall–Kier alpha value is -4.74. The fraction of sp³-hybridized carbons (Fsp3) is 0.286. The first-order valence-electron chi connectivity index (χ1n) is 12.6. The van der Waals surface area contributed by atoms with Gasteiger partial charge in [0.15, 0.2) is 0 Å². The van der Waals surface area contributed by atoms with E-state index in [9.17, 15) is 28.3 Å². The fourth-order valence-electron chi connectivity index (χ4n) is 5.43. The van der Waals surface area contributed by atoms with Crippen LogP contribution in [0.5, 0.6) is 17.4 Å². The lowest BCUT2D eigenvalue weighted by Crippen LogP contribution is -2.64. The zero-order valence-corrected chi connectivity index (χ0v) is 21.2. The lowest BCUT2D eigenvalue weighted by Gasteiger charge is -2.45. The lowest BCUT2D eigenvalue weighted by molar-refractivity contribution is -0.131. The highest BCUT2D eigenvalue weighted by Gasteiger charge is 2.58. The number of phenols is 1. The number of phenolic OH excluding ortho intramolecular Hbond substituents is 1. The average Bonchev–Trinajstić information content (AvgIpc) is 3.17. The number of pyridine rings is 1. The van der Waals surface area contributed by atoms with Gasteiger partial charge in [-0.1, -0.05) is 12.1 Å². The number of nitrogens with one attached hydrogen (secondary N) is 1. The van der Waals surface area contributed by atoms with Crippen LogP contribution >= 0.6 is 0 Å². The van der Waals surface area contributed by atoms with Crippen molar-refractivity contribution in [2.75, 3.05) is 0 Å². The summed E-state index contributed by atoms with van der Waals surface area (Å²) in [7, 11) is 0. The molecule has 10 nitrogen and oxygen atoms in total. The number of aromatic hydroxyl groups is 1. The van der Waals surface area contributed by atoms with Crippen LogP contribution in [0.2, 0.25) is 0 Å². The van der Waals surface area contributed by atoms with Gasteiger partial charge in [-0.15, -0.1) is 0 Å². The number of piperidine rings is 1. The van der Waals surface area contributed by atoms with Gasteiger partial charge in [-0.05, 0) is 67.3 Å². The number of ether oxygens (including phenoxy) is 2. The van der Waals surface area contributed by atoms with E-state index in [0.717, 1.165) is 12.3 Å². The van der Waals surface area contributed by atoms with Crippen molar-refractivity contribution in [3.63, 3.8) is 0 Å². The summed E-state index contributed by atoms with van der Waals surface area (Å²) in [6, 6.07) is 11.2. The monoisotopic (exact) mass is 552 g/mol. The molecule has 3 aromatic rings. The van der Waals surface area contributed by atoms with Gasteiger partial charge in [-0.2, -0.15) is 0 Å². The molecule has 0 spiro atoms. The van der Waals surface area contributed by atoms with Gasteiger partial charge in [0.05, 0.1) is 6.20 Å². The summed E-state index contributed by atoms with van der Waals surface area (Å²) in [5.74, 6) is -2.65. The van der Waals surface area contributed by atoms with Gasteiger partial charge < -0.3 is 25.6 Å². The Morgan fingerprint density at radius 1 is 1.12 bits per heavy atom. The molecule has 2 aromatic carbocycles. The van der Waals surface area contributed by atoms with E-state index < -0.39 is 47.2 Å². The first-order valence-corrected chi connectivity index (χ1v) is 12.6. The van der Waals surface area contributed by atoms with Gasteiger partial charge in [0.2, 0.25) is 11.8 Å². The number of halogens is 2. The molecule has 3 unspecified atom stereocenters. The summed E-state index contributed by atoms with van der Waals surface area (Å²) in [5, 5.41) is 12.4. The number of primary amides is 1. The van der Waals surface area contributed by atoms with Crippen molar-refractivity contribution in [3.05, 3.63) is 83.6 Å². The molecule has 2 aliphatic heterocycles. The van der Waals surface area contributed by atoms with Crippen LogP contribution in [0.1, 0.15) is 41.6 Å². The minimum Gasteiger partial charge on any atom is -0.508 e. The molecule has 0 radical (unpaired) electrons. The Balaban J connectivity index is 1.31. The molecular weight excluding hydrogens is 526 g/mol. The highest BCUT2D eigenvalue weighted by Crippen LogP contribution is 2.45. The van der Waals surface area contributed by atoms with E-state index in [1.54, 1.807) is 12.1 Å². The van der Waals surface area contributed by atoms with Gasteiger partial charge >= 0.3 is 6.09 Å². The number of aromatic nitrogens is 1. The molecule has 208 valence electrons. The van der Waals surface area contributed by atoms with Crippen molar-refractivity contribution in [3.8, 4) is 17.4 Å². The third kappa shape index (κ3) is 5.37. The summed E-state index contributed by atoms with van der Waals surface area (Å²) in [4.78, 5) is 44.3. The average molecular weight is 553 g/mol. The molecule has 0 aliphatic carbocycles. The minimum atomic E-state index is -1.38. The zero-order chi connectivity index (χ0) is 28.4. The second kappa shape index (κ2) is 10.8. The molecule has 40 heavy (non-hydrogen) atoms. The maximum Gasteiger partial charge on any atom is 0.411 e. The Labute approximate surface area is 227 Å². The second-order valence-electron chi connectivity index (χ2n) is 9.86. The molecule has 4 N–H and O–H groups in total. The van der Waals surface area contributed by atoms with Crippen LogP contribution in [0.25, 0.3) is 0 Å². The second-order valence-corrected chi connectivity index (χ2v) is 9.86. The van der Waals surface area contributed by atoms with Gasteiger partial charge in [0, 0.05) is 18.5 Å². The van der Waals surface area contributed by atoms with Crippen molar-refractivity contribution >= 4 is 17.9 Å². The largest absolute Gasteiger partial charge is 0.508 e. The quantitative estimate of drug-likeness (QED) is 0.405. The summed E-state index contributed by atoms with van der Waals surface area (Å²) in [6.45, 7) is -0.116. The molecule has 2 bridgehead atoms. The van der Waals surface area contributed by atoms with E-state index in [1.165, 1.54) is 41.3 Å². The van der Waals surface area contributed by atoms with Crippen LogP contribution in [-0.4, -0.2) is 50.5 Å². The summed E-state index contributed by atoms with van der Waals surface area (Å²) in [5.41, 5.74) is 4.79. The number of rotatable bonds is 7.